The summed E-state index contributed by atoms with van der Waals surface area (Å²) in [7, 11) is 0. The minimum Gasteiger partial charge on any atom is -0.244 e. The Labute approximate surface area is 90.3 Å². The molecule has 0 saturated heterocycles. The zero-order valence-electron chi connectivity index (χ0n) is 7.81. The number of nitrogens with zero attached hydrogens (tertiary/aromatic N) is 1. The zero-order valence-corrected chi connectivity index (χ0v) is 8.57. The van der Waals surface area contributed by atoms with Crippen LogP contribution in [0.15, 0.2) is 18.3 Å². The molecule has 1 saturated carbocycles. The molecule has 1 nitrogen and oxygen atoms in total. The fourth-order valence-corrected chi connectivity index (χ4v) is 2.04. The number of aromatic nitrogens is 1. The first kappa shape index (κ1) is 10.7. The molecular formula is C10H9ClF3N. The summed E-state index contributed by atoms with van der Waals surface area (Å²) < 4.78 is 38.6. The predicted molar refractivity (Wildman–Crippen MR) is 50.8 cm³/mol. The van der Waals surface area contributed by atoms with Crippen molar-refractivity contribution >= 4 is 11.6 Å². The molecule has 1 aromatic heterocycles. The normalized spacial score (nSPS) is 19.7. The van der Waals surface area contributed by atoms with E-state index < -0.39 is 11.6 Å². The zero-order chi connectivity index (χ0) is 11.1. The minimum atomic E-state index is -4.19. The lowest BCUT2D eigenvalue weighted by atomic mass is 9.64. The molecule has 2 rings (SSSR count). The number of alkyl halides is 3. The van der Waals surface area contributed by atoms with E-state index >= 15 is 0 Å². The number of halogens is 4. The van der Waals surface area contributed by atoms with Crippen LogP contribution in [-0.4, -0.2) is 11.2 Å². The van der Waals surface area contributed by atoms with Gasteiger partial charge in [-0.1, -0.05) is 24.1 Å². The standard InChI is InChI=1S/C10H9ClF3N/c11-8-3-2-7(6-15-8)9(4-1-5-9)10(12,13)14/h2-3,6H,1,4-5H2. The van der Waals surface area contributed by atoms with Crippen molar-refractivity contribution in [3.63, 3.8) is 0 Å². The van der Waals surface area contributed by atoms with Crippen molar-refractivity contribution in [1.29, 1.82) is 0 Å². The highest BCUT2D eigenvalue weighted by Crippen LogP contribution is 2.54. The largest absolute Gasteiger partial charge is 0.398 e. The van der Waals surface area contributed by atoms with E-state index in [0.29, 0.717) is 6.42 Å². The number of hydrogen-bond acceptors (Lipinski definition) is 1. The van der Waals surface area contributed by atoms with E-state index in [1.54, 1.807) is 0 Å². The van der Waals surface area contributed by atoms with E-state index in [1.165, 1.54) is 18.3 Å². The van der Waals surface area contributed by atoms with Gasteiger partial charge in [-0.3, -0.25) is 0 Å². The van der Waals surface area contributed by atoms with Crippen LogP contribution in [-0.2, 0) is 5.41 Å². The molecule has 0 amide bonds. The second kappa shape index (κ2) is 3.37. The third-order valence-corrected chi connectivity index (χ3v) is 3.25. The molecule has 0 spiro atoms. The molecule has 82 valence electrons. The summed E-state index contributed by atoms with van der Waals surface area (Å²) in [4.78, 5) is 3.71. The molecule has 0 radical (unpaired) electrons. The van der Waals surface area contributed by atoms with Gasteiger partial charge in [-0.25, -0.2) is 4.98 Å². The molecule has 0 aliphatic heterocycles. The molecule has 1 aliphatic carbocycles. The molecule has 1 aliphatic rings. The molecule has 0 unspecified atom stereocenters. The quantitative estimate of drug-likeness (QED) is 0.676. The van der Waals surface area contributed by atoms with Gasteiger partial charge in [-0.15, -0.1) is 0 Å². The second-order valence-corrected chi connectivity index (χ2v) is 4.19. The lowest BCUT2D eigenvalue weighted by Crippen LogP contribution is -2.48. The van der Waals surface area contributed by atoms with Crippen LogP contribution in [0.5, 0.6) is 0 Å². The Morgan fingerprint density at radius 1 is 1.27 bits per heavy atom. The summed E-state index contributed by atoms with van der Waals surface area (Å²) in [5.41, 5.74) is -1.45. The minimum absolute atomic E-state index is 0.153. The van der Waals surface area contributed by atoms with Gasteiger partial charge in [0.15, 0.2) is 0 Å². The van der Waals surface area contributed by atoms with E-state index in [0.717, 1.165) is 0 Å². The van der Waals surface area contributed by atoms with Crippen molar-refractivity contribution in [3.8, 4) is 0 Å². The smallest absolute Gasteiger partial charge is 0.244 e. The van der Waals surface area contributed by atoms with Crippen LogP contribution in [0.4, 0.5) is 13.2 Å². The Morgan fingerprint density at radius 3 is 2.27 bits per heavy atom. The van der Waals surface area contributed by atoms with Gasteiger partial charge in [-0.2, -0.15) is 13.2 Å². The first-order valence-corrected chi connectivity index (χ1v) is 5.02. The molecule has 5 heteroatoms. The molecule has 0 N–H and O–H groups in total. The average Bonchev–Trinajstić information content (AvgIpc) is 2.03. The van der Waals surface area contributed by atoms with Crippen LogP contribution in [0.2, 0.25) is 5.15 Å². The Morgan fingerprint density at radius 2 is 1.93 bits per heavy atom. The predicted octanol–water partition coefficient (Wildman–Crippen LogP) is 3.72. The topological polar surface area (TPSA) is 12.9 Å². The average molecular weight is 236 g/mol. The number of pyridine rings is 1. The Bertz CT molecular complexity index is 354. The molecule has 15 heavy (non-hydrogen) atoms. The van der Waals surface area contributed by atoms with Crippen LogP contribution < -0.4 is 0 Å². The third-order valence-electron chi connectivity index (χ3n) is 3.03. The van der Waals surface area contributed by atoms with Crippen molar-refractivity contribution in [2.45, 2.75) is 30.9 Å². The molecule has 1 aromatic rings. The van der Waals surface area contributed by atoms with Gasteiger partial charge in [0, 0.05) is 6.20 Å². The van der Waals surface area contributed by atoms with Gasteiger partial charge < -0.3 is 0 Å². The molecule has 0 atom stereocenters. The number of rotatable bonds is 1. The number of hydrogen-bond donors (Lipinski definition) is 0. The van der Waals surface area contributed by atoms with Crippen LogP contribution in [0.3, 0.4) is 0 Å². The van der Waals surface area contributed by atoms with Crippen LogP contribution >= 0.6 is 11.6 Å². The van der Waals surface area contributed by atoms with E-state index in [-0.39, 0.29) is 23.6 Å². The Hall–Kier alpha value is -0.770. The molecule has 1 fully saturated rings. The van der Waals surface area contributed by atoms with Gasteiger partial charge >= 0.3 is 6.18 Å². The van der Waals surface area contributed by atoms with E-state index in [2.05, 4.69) is 4.98 Å². The second-order valence-electron chi connectivity index (χ2n) is 3.80. The Kier molecular flexibility index (Phi) is 2.41. The summed E-state index contributed by atoms with van der Waals surface area (Å²) in [5, 5.41) is 0.218. The summed E-state index contributed by atoms with van der Waals surface area (Å²) in [5.74, 6) is 0. The van der Waals surface area contributed by atoms with Gasteiger partial charge in [0.25, 0.3) is 0 Å². The summed E-state index contributed by atoms with van der Waals surface area (Å²) in [6.07, 6.45) is -2.04. The van der Waals surface area contributed by atoms with E-state index in [9.17, 15) is 13.2 Å². The third kappa shape index (κ3) is 1.61. The van der Waals surface area contributed by atoms with Crippen LogP contribution in [0.1, 0.15) is 24.8 Å². The van der Waals surface area contributed by atoms with Crippen molar-refractivity contribution in [2.24, 2.45) is 0 Å². The van der Waals surface area contributed by atoms with Crippen molar-refractivity contribution in [2.75, 3.05) is 0 Å². The van der Waals surface area contributed by atoms with E-state index in [4.69, 9.17) is 11.6 Å². The van der Waals surface area contributed by atoms with Gasteiger partial charge in [0.05, 0.1) is 5.41 Å². The first-order chi connectivity index (χ1) is 6.96. The van der Waals surface area contributed by atoms with Gasteiger partial charge in [0.2, 0.25) is 0 Å². The lowest BCUT2D eigenvalue weighted by molar-refractivity contribution is -0.212. The fraction of sp³-hybridized carbons (Fsp3) is 0.500. The first-order valence-electron chi connectivity index (χ1n) is 4.64. The van der Waals surface area contributed by atoms with Crippen molar-refractivity contribution in [1.82, 2.24) is 4.98 Å². The summed E-state index contributed by atoms with van der Waals surface area (Å²) in [6, 6.07) is 2.82. The van der Waals surface area contributed by atoms with E-state index in [1.807, 2.05) is 0 Å². The fourth-order valence-electron chi connectivity index (χ4n) is 1.93. The highest BCUT2D eigenvalue weighted by atomic mass is 35.5. The lowest BCUT2D eigenvalue weighted by Gasteiger charge is -2.43. The maximum Gasteiger partial charge on any atom is 0.398 e. The molecular weight excluding hydrogens is 227 g/mol. The Balaban J connectivity index is 2.39. The summed E-state index contributed by atoms with van der Waals surface area (Å²) in [6.45, 7) is 0. The van der Waals surface area contributed by atoms with Crippen molar-refractivity contribution in [3.05, 3.63) is 29.0 Å². The molecule has 0 bridgehead atoms. The monoisotopic (exact) mass is 235 g/mol. The van der Waals surface area contributed by atoms with Crippen molar-refractivity contribution < 1.29 is 13.2 Å². The molecule has 0 aromatic carbocycles. The van der Waals surface area contributed by atoms with Gasteiger partial charge in [0.1, 0.15) is 5.15 Å². The van der Waals surface area contributed by atoms with Crippen LogP contribution in [0, 0.1) is 0 Å². The van der Waals surface area contributed by atoms with Gasteiger partial charge in [-0.05, 0) is 24.5 Å². The van der Waals surface area contributed by atoms with Crippen LogP contribution in [0.25, 0.3) is 0 Å². The highest BCUT2D eigenvalue weighted by Gasteiger charge is 2.59. The summed E-state index contributed by atoms with van der Waals surface area (Å²) >= 11 is 5.54. The SMILES string of the molecule is FC(F)(F)C1(c2ccc(Cl)nc2)CCC1. The maximum atomic E-state index is 12.9. The highest BCUT2D eigenvalue weighted by molar-refractivity contribution is 6.29. The molecule has 1 heterocycles. The maximum absolute atomic E-state index is 12.9.